The van der Waals surface area contributed by atoms with Crippen LogP contribution in [-0.2, 0) is 0 Å². The van der Waals surface area contributed by atoms with Gasteiger partial charge in [-0.3, -0.25) is 0 Å². The first-order valence-corrected chi connectivity index (χ1v) is 8.62. The van der Waals surface area contributed by atoms with E-state index in [2.05, 4.69) is 26.1 Å². The first kappa shape index (κ1) is 18.2. The first-order valence-electron chi connectivity index (χ1n) is 8.62. The molecule has 0 saturated carbocycles. The third kappa shape index (κ3) is 5.78. The summed E-state index contributed by atoms with van der Waals surface area (Å²) in [5.41, 5.74) is 1.59. The highest BCUT2D eigenvalue weighted by Crippen LogP contribution is 2.29. The van der Waals surface area contributed by atoms with Crippen molar-refractivity contribution in [2.24, 2.45) is 5.92 Å². The quantitative estimate of drug-likeness (QED) is 0.576. The molecule has 1 nitrogen and oxygen atoms in total. The number of hydrogen-bond donors (Lipinski definition) is 1. The Morgan fingerprint density at radius 2 is 1.90 bits per heavy atom. The molecule has 0 amide bonds. The van der Waals surface area contributed by atoms with E-state index in [9.17, 15) is 4.39 Å². The van der Waals surface area contributed by atoms with Crippen LogP contribution < -0.4 is 5.32 Å². The minimum absolute atomic E-state index is 0.0311. The minimum Gasteiger partial charge on any atom is -0.310 e. The predicted molar refractivity (Wildman–Crippen MR) is 90.1 cm³/mol. The zero-order chi connectivity index (χ0) is 15.7. The Hall–Kier alpha value is -0.890. The molecule has 2 heteroatoms. The molecule has 2 unspecified atom stereocenters. The number of halogens is 1. The number of rotatable bonds is 10. The molecule has 1 aromatic rings. The fraction of sp³-hybridized carbons (Fsp3) is 0.684. The average molecular weight is 293 g/mol. The third-order valence-electron chi connectivity index (χ3n) is 4.35. The van der Waals surface area contributed by atoms with Gasteiger partial charge in [0, 0.05) is 11.6 Å². The van der Waals surface area contributed by atoms with Gasteiger partial charge in [-0.1, -0.05) is 64.7 Å². The Kier molecular flexibility index (Phi) is 8.60. The van der Waals surface area contributed by atoms with E-state index in [1.807, 2.05) is 25.1 Å². The van der Waals surface area contributed by atoms with Crippen molar-refractivity contribution in [2.45, 2.75) is 72.3 Å². The Morgan fingerprint density at radius 3 is 2.52 bits per heavy atom. The lowest BCUT2D eigenvalue weighted by Crippen LogP contribution is -2.25. The van der Waals surface area contributed by atoms with Crippen LogP contribution in [0.2, 0.25) is 0 Å². The Morgan fingerprint density at radius 1 is 1.14 bits per heavy atom. The maximum atomic E-state index is 14.4. The molecule has 21 heavy (non-hydrogen) atoms. The van der Waals surface area contributed by atoms with Gasteiger partial charge in [-0.05, 0) is 37.8 Å². The highest BCUT2D eigenvalue weighted by atomic mass is 19.1. The molecule has 0 spiro atoms. The van der Waals surface area contributed by atoms with Crippen LogP contribution in [0.3, 0.4) is 0 Å². The maximum Gasteiger partial charge on any atom is 0.130 e. The Bertz CT molecular complexity index is 403. The van der Waals surface area contributed by atoms with Crippen LogP contribution in [0.5, 0.6) is 0 Å². The average Bonchev–Trinajstić information content (AvgIpc) is 2.50. The van der Waals surface area contributed by atoms with Crippen LogP contribution in [0.15, 0.2) is 18.2 Å². The van der Waals surface area contributed by atoms with Crippen LogP contribution in [-0.4, -0.2) is 6.54 Å². The van der Waals surface area contributed by atoms with Crippen molar-refractivity contribution in [2.75, 3.05) is 6.54 Å². The van der Waals surface area contributed by atoms with Crippen molar-refractivity contribution in [1.82, 2.24) is 5.32 Å². The highest BCUT2D eigenvalue weighted by molar-refractivity contribution is 5.27. The van der Waals surface area contributed by atoms with Gasteiger partial charge in [0.1, 0.15) is 5.82 Å². The van der Waals surface area contributed by atoms with Gasteiger partial charge in [-0.15, -0.1) is 0 Å². The van der Waals surface area contributed by atoms with E-state index in [1.165, 1.54) is 25.7 Å². The van der Waals surface area contributed by atoms with Crippen LogP contribution in [0, 0.1) is 18.7 Å². The van der Waals surface area contributed by atoms with Crippen molar-refractivity contribution in [3.63, 3.8) is 0 Å². The molecule has 0 aromatic heterocycles. The lowest BCUT2D eigenvalue weighted by atomic mass is 9.88. The SMILES string of the molecule is CCCCC(CC)CC(NCCC)c1cccc(C)c1F. The molecule has 0 heterocycles. The second-order valence-electron chi connectivity index (χ2n) is 6.14. The van der Waals surface area contributed by atoms with Gasteiger partial charge < -0.3 is 5.32 Å². The van der Waals surface area contributed by atoms with E-state index < -0.39 is 0 Å². The van der Waals surface area contributed by atoms with Gasteiger partial charge in [0.05, 0.1) is 0 Å². The van der Waals surface area contributed by atoms with E-state index >= 15 is 0 Å². The van der Waals surface area contributed by atoms with Crippen molar-refractivity contribution in [3.05, 3.63) is 35.1 Å². The number of nitrogens with one attached hydrogen (secondary N) is 1. The fourth-order valence-corrected chi connectivity index (χ4v) is 2.89. The van der Waals surface area contributed by atoms with Crippen molar-refractivity contribution in [3.8, 4) is 0 Å². The highest BCUT2D eigenvalue weighted by Gasteiger charge is 2.20. The summed E-state index contributed by atoms with van der Waals surface area (Å²) < 4.78 is 14.4. The third-order valence-corrected chi connectivity index (χ3v) is 4.35. The van der Waals surface area contributed by atoms with E-state index in [0.29, 0.717) is 5.92 Å². The molecule has 0 aliphatic carbocycles. The lowest BCUT2D eigenvalue weighted by Gasteiger charge is -2.25. The summed E-state index contributed by atoms with van der Waals surface area (Å²) in [5, 5.41) is 3.55. The number of unbranched alkanes of at least 4 members (excludes halogenated alkanes) is 1. The molecule has 0 fully saturated rings. The lowest BCUT2D eigenvalue weighted by molar-refractivity contribution is 0.347. The second kappa shape index (κ2) is 9.94. The molecular formula is C19H32FN. The standard InChI is InChI=1S/C19H32FN/c1-5-8-11-16(7-3)14-18(21-13-6-2)17-12-9-10-15(4)19(17)20/h9-10,12,16,18,21H,5-8,11,13-14H2,1-4H3. The monoisotopic (exact) mass is 293 g/mol. The molecule has 0 aliphatic heterocycles. The molecule has 0 aliphatic rings. The first-order chi connectivity index (χ1) is 10.1. The van der Waals surface area contributed by atoms with E-state index in [4.69, 9.17) is 0 Å². The molecule has 1 aromatic carbocycles. The molecule has 0 saturated heterocycles. The second-order valence-corrected chi connectivity index (χ2v) is 6.14. The molecule has 1 rings (SSSR count). The molecule has 1 N–H and O–H groups in total. The van der Waals surface area contributed by atoms with Gasteiger partial charge >= 0.3 is 0 Å². The summed E-state index contributed by atoms with van der Waals surface area (Å²) in [4.78, 5) is 0. The normalized spacial score (nSPS) is 14.1. The molecular weight excluding hydrogens is 261 g/mol. The van der Waals surface area contributed by atoms with Crippen LogP contribution in [0.1, 0.15) is 76.5 Å². The van der Waals surface area contributed by atoms with Crippen LogP contribution >= 0.6 is 0 Å². The fourth-order valence-electron chi connectivity index (χ4n) is 2.89. The van der Waals surface area contributed by atoms with Gasteiger partial charge in [0.15, 0.2) is 0 Å². The van der Waals surface area contributed by atoms with Crippen LogP contribution in [0.25, 0.3) is 0 Å². The molecule has 0 radical (unpaired) electrons. The summed E-state index contributed by atoms with van der Waals surface area (Å²) in [6.07, 6.45) is 7.06. The molecule has 120 valence electrons. The smallest absolute Gasteiger partial charge is 0.130 e. The van der Waals surface area contributed by atoms with Gasteiger partial charge in [-0.2, -0.15) is 0 Å². The van der Waals surface area contributed by atoms with E-state index in [-0.39, 0.29) is 11.9 Å². The Balaban J connectivity index is 2.85. The summed E-state index contributed by atoms with van der Waals surface area (Å²) in [7, 11) is 0. The summed E-state index contributed by atoms with van der Waals surface area (Å²) >= 11 is 0. The largest absolute Gasteiger partial charge is 0.310 e. The van der Waals surface area contributed by atoms with Crippen LogP contribution in [0.4, 0.5) is 4.39 Å². The van der Waals surface area contributed by atoms with Crippen molar-refractivity contribution in [1.29, 1.82) is 0 Å². The van der Waals surface area contributed by atoms with Gasteiger partial charge in [-0.25, -0.2) is 4.39 Å². The zero-order valence-electron chi connectivity index (χ0n) is 14.2. The predicted octanol–water partition coefficient (Wildman–Crippen LogP) is 5.78. The van der Waals surface area contributed by atoms with Gasteiger partial charge in [0.2, 0.25) is 0 Å². The van der Waals surface area contributed by atoms with Crippen molar-refractivity contribution < 1.29 is 4.39 Å². The summed E-state index contributed by atoms with van der Waals surface area (Å²) in [5.74, 6) is 0.649. The number of benzene rings is 1. The van der Waals surface area contributed by atoms with Gasteiger partial charge in [0.25, 0.3) is 0 Å². The van der Waals surface area contributed by atoms with E-state index in [0.717, 1.165) is 30.5 Å². The maximum absolute atomic E-state index is 14.4. The summed E-state index contributed by atoms with van der Waals surface area (Å²) in [6, 6.07) is 5.92. The zero-order valence-corrected chi connectivity index (χ0v) is 14.2. The minimum atomic E-state index is -0.0311. The number of aryl methyl sites for hydroxylation is 1. The van der Waals surface area contributed by atoms with E-state index in [1.54, 1.807) is 0 Å². The van der Waals surface area contributed by atoms with Crippen molar-refractivity contribution >= 4 is 0 Å². The topological polar surface area (TPSA) is 12.0 Å². The number of hydrogen-bond acceptors (Lipinski definition) is 1. The summed E-state index contributed by atoms with van der Waals surface area (Å²) in [6.45, 7) is 9.45. The molecule has 0 bridgehead atoms. The Labute approximate surface area is 130 Å². The molecule has 2 atom stereocenters.